The van der Waals surface area contributed by atoms with Crippen LogP contribution in [0.15, 0.2) is 0 Å². The van der Waals surface area contributed by atoms with E-state index in [4.69, 9.17) is 0 Å². The Balaban J connectivity index is 3.06. The highest BCUT2D eigenvalue weighted by atomic mass is 16.3. The summed E-state index contributed by atoms with van der Waals surface area (Å²) in [5.41, 5.74) is 0. The SMILES string of the molecule is CCCC(=O)NC[O]. The first kappa shape index (κ1) is 7.43. The van der Waals surface area contributed by atoms with E-state index in [0.717, 1.165) is 6.42 Å². The zero-order chi connectivity index (χ0) is 6.41. The van der Waals surface area contributed by atoms with Crippen molar-refractivity contribution >= 4 is 5.91 Å². The zero-order valence-corrected chi connectivity index (χ0v) is 4.94. The summed E-state index contributed by atoms with van der Waals surface area (Å²) < 4.78 is 0. The van der Waals surface area contributed by atoms with Crippen LogP contribution in [0.1, 0.15) is 19.8 Å². The van der Waals surface area contributed by atoms with Gasteiger partial charge in [-0.3, -0.25) is 4.79 Å². The molecule has 0 aliphatic heterocycles. The van der Waals surface area contributed by atoms with Crippen LogP contribution in [0.3, 0.4) is 0 Å². The molecule has 0 spiro atoms. The van der Waals surface area contributed by atoms with Crippen molar-refractivity contribution in [3.05, 3.63) is 0 Å². The zero-order valence-electron chi connectivity index (χ0n) is 4.94. The summed E-state index contributed by atoms with van der Waals surface area (Å²) in [6.45, 7) is 1.39. The van der Waals surface area contributed by atoms with Crippen LogP contribution in [-0.4, -0.2) is 12.6 Å². The van der Waals surface area contributed by atoms with E-state index in [-0.39, 0.29) is 5.91 Å². The molecule has 3 heteroatoms. The molecule has 0 unspecified atom stereocenters. The standard InChI is InChI=1S/C5H10NO2/c1-2-3-5(8)6-4-7/h2-4H2,1H3,(H,6,8). The highest BCUT2D eigenvalue weighted by Crippen LogP contribution is 1.83. The van der Waals surface area contributed by atoms with E-state index in [2.05, 4.69) is 5.32 Å². The van der Waals surface area contributed by atoms with E-state index in [1.165, 1.54) is 0 Å². The Morgan fingerprint density at radius 3 is 2.62 bits per heavy atom. The molecule has 1 radical (unpaired) electrons. The summed E-state index contributed by atoms with van der Waals surface area (Å²) in [6, 6.07) is 0. The molecule has 0 fully saturated rings. The molecule has 0 heterocycles. The number of hydrogen-bond donors (Lipinski definition) is 1. The van der Waals surface area contributed by atoms with E-state index in [0.29, 0.717) is 6.42 Å². The largest absolute Gasteiger partial charge is 0.331 e. The van der Waals surface area contributed by atoms with Gasteiger partial charge in [0.05, 0.1) is 0 Å². The highest BCUT2D eigenvalue weighted by molar-refractivity contribution is 5.75. The first-order chi connectivity index (χ1) is 3.81. The van der Waals surface area contributed by atoms with Crippen molar-refractivity contribution in [2.45, 2.75) is 19.8 Å². The van der Waals surface area contributed by atoms with Crippen LogP contribution >= 0.6 is 0 Å². The molecule has 0 rings (SSSR count). The topological polar surface area (TPSA) is 49.0 Å². The molecule has 47 valence electrons. The van der Waals surface area contributed by atoms with Crippen molar-refractivity contribution in [3.8, 4) is 0 Å². The van der Waals surface area contributed by atoms with Crippen LogP contribution in [0.5, 0.6) is 0 Å². The van der Waals surface area contributed by atoms with Crippen molar-refractivity contribution in [2.75, 3.05) is 6.73 Å². The molecule has 0 atom stereocenters. The van der Waals surface area contributed by atoms with Gasteiger partial charge in [-0.1, -0.05) is 6.92 Å². The fourth-order valence-electron chi connectivity index (χ4n) is 0.396. The minimum Gasteiger partial charge on any atom is -0.331 e. The summed E-state index contributed by atoms with van der Waals surface area (Å²) in [5, 5.41) is 11.8. The molecule has 0 aliphatic carbocycles. The predicted octanol–water partition coefficient (Wildman–Crippen LogP) is 0.291. The number of amides is 1. The maximum Gasteiger partial charge on any atom is 0.221 e. The molecular formula is C5H10NO2. The van der Waals surface area contributed by atoms with Gasteiger partial charge in [0.25, 0.3) is 0 Å². The summed E-state index contributed by atoms with van der Waals surface area (Å²) >= 11 is 0. The second-order valence-electron chi connectivity index (χ2n) is 1.49. The lowest BCUT2D eigenvalue weighted by atomic mass is 10.3. The normalized spacial score (nSPS) is 8.75. The van der Waals surface area contributed by atoms with Gasteiger partial charge in [0, 0.05) is 6.42 Å². The summed E-state index contributed by atoms with van der Waals surface area (Å²) in [5.74, 6) is -0.150. The van der Waals surface area contributed by atoms with Gasteiger partial charge < -0.3 is 5.32 Å². The van der Waals surface area contributed by atoms with Crippen LogP contribution in [0, 0.1) is 0 Å². The van der Waals surface area contributed by atoms with E-state index in [1.54, 1.807) is 0 Å². The van der Waals surface area contributed by atoms with Gasteiger partial charge in [-0.05, 0) is 6.42 Å². The average molecular weight is 116 g/mol. The Morgan fingerprint density at radius 1 is 1.62 bits per heavy atom. The van der Waals surface area contributed by atoms with E-state index < -0.39 is 6.73 Å². The Morgan fingerprint density at radius 2 is 2.25 bits per heavy atom. The molecule has 3 nitrogen and oxygen atoms in total. The number of rotatable bonds is 3. The quantitative estimate of drug-likeness (QED) is 0.529. The van der Waals surface area contributed by atoms with Gasteiger partial charge in [-0.2, -0.15) is 0 Å². The molecule has 1 N–H and O–H groups in total. The summed E-state index contributed by atoms with van der Waals surface area (Å²) in [7, 11) is 0. The molecule has 0 aliphatic rings. The lowest BCUT2D eigenvalue weighted by Gasteiger charge is -1.94. The highest BCUT2D eigenvalue weighted by Gasteiger charge is 1.93. The fourth-order valence-corrected chi connectivity index (χ4v) is 0.396. The number of carbonyl (C=O) groups excluding carboxylic acids is 1. The Labute approximate surface area is 48.7 Å². The van der Waals surface area contributed by atoms with Crippen LogP contribution in [0.4, 0.5) is 0 Å². The van der Waals surface area contributed by atoms with Gasteiger partial charge >= 0.3 is 0 Å². The van der Waals surface area contributed by atoms with Gasteiger partial charge in [-0.25, -0.2) is 5.11 Å². The molecule has 0 aromatic carbocycles. The fraction of sp³-hybridized carbons (Fsp3) is 0.800. The second kappa shape index (κ2) is 4.59. The molecule has 1 amide bonds. The monoisotopic (exact) mass is 116 g/mol. The van der Waals surface area contributed by atoms with Crippen LogP contribution in [0.25, 0.3) is 0 Å². The minimum atomic E-state index is -0.501. The molecular weight excluding hydrogens is 106 g/mol. The smallest absolute Gasteiger partial charge is 0.221 e. The molecule has 0 bridgehead atoms. The first-order valence-electron chi connectivity index (χ1n) is 2.66. The molecule has 8 heavy (non-hydrogen) atoms. The van der Waals surface area contributed by atoms with Crippen molar-refractivity contribution in [2.24, 2.45) is 0 Å². The molecule has 0 saturated carbocycles. The van der Waals surface area contributed by atoms with Crippen LogP contribution in [-0.2, 0) is 9.90 Å². The number of nitrogens with one attached hydrogen (secondary N) is 1. The number of carbonyl (C=O) groups is 1. The van der Waals surface area contributed by atoms with Gasteiger partial charge in [-0.15, -0.1) is 0 Å². The first-order valence-corrected chi connectivity index (χ1v) is 2.66. The maximum atomic E-state index is 10.3. The summed E-state index contributed by atoms with van der Waals surface area (Å²) in [6.07, 6.45) is 1.26. The molecule has 0 aromatic heterocycles. The van der Waals surface area contributed by atoms with Crippen molar-refractivity contribution in [1.29, 1.82) is 0 Å². The van der Waals surface area contributed by atoms with Crippen LogP contribution < -0.4 is 5.32 Å². The van der Waals surface area contributed by atoms with Gasteiger partial charge in [0.2, 0.25) is 5.91 Å². The number of hydrogen-bond acceptors (Lipinski definition) is 1. The van der Waals surface area contributed by atoms with Crippen molar-refractivity contribution in [3.63, 3.8) is 0 Å². The van der Waals surface area contributed by atoms with Gasteiger partial charge in [0.1, 0.15) is 0 Å². The maximum absolute atomic E-state index is 10.3. The van der Waals surface area contributed by atoms with E-state index >= 15 is 0 Å². The minimum absolute atomic E-state index is 0.150. The second-order valence-corrected chi connectivity index (χ2v) is 1.49. The Hall–Kier alpha value is -0.570. The Kier molecular flexibility index (Phi) is 4.26. The average Bonchev–Trinajstić information content (AvgIpc) is 1.68. The van der Waals surface area contributed by atoms with E-state index in [9.17, 15) is 9.90 Å². The molecule has 0 aromatic rings. The Bertz CT molecular complexity index is 64.8. The third kappa shape index (κ3) is 3.61. The van der Waals surface area contributed by atoms with Crippen LogP contribution in [0.2, 0.25) is 0 Å². The predicted molar refractivity (Wildman–Crippen MR) is 28.6 cm³/mol. The van der Waals surface area contributed by atoms with Gasteiger partial charge in [0.15, 0.2) is 6.73 Å². The lowest BCUT2D eigenvalue weighted by molar-refractivity contribution is -0.122. The van der Waals surface area contributed by atoms with E-state index in [1.807, 2.05) is 6.92 Å². The molecule has 0 saturated heterocycles. The van der Waals surface area contributed by atoms with Crippen molar-refractivity contribution < 1.29 is 9.90 Å². The third-order valence-electron chi connectivity index (χ3n) is 0.746. The van der Waals surface area contributed by atoms with Crippen molar-refractivity contribution in [1.82, 2.24) is 5.32 Å². The third-order valence-corrected chi connectivity index (χ3v) is 0.746. The lowest BCUT2D eigenvalue weighted by Crippen LogP contribution is -2.22. The summed E-state index contributed by atoms with van der Waals surface area (Å²) in [4.78, 5) is 10.3.